The first-order chi connectivity index (χ1) is 16.8. The zero-order valence-electron chi connectivity index (χ0n) is 19.2. The first-order valence-electron chi connectivity index (χ1n) is 10.6. The summed E-state index contributed by atoms with van der Waals surface area (Å²) >= 11 is 1.44. The number of aryl methyl sites for hydroxylation is 2. The van der Waals surface area contributed by atoms with Crippen LogP contribution >= 0.6 is 11.3 Å². The first kappa shape index (κ1) is 25.4. The molecule has 3 rings (SSSR count). The summed E-state index contributed by atoms with van der Waals surface area (Å²) in [5.41, 5.74) is 4.29. The second kappa shape index (κ2) is 12.3. The molecule has 0 aliphatic carbocycles. The second-order valence-corrected chi connectivity index (χ2v) is 8.52. The van der Waals surface area contributed by atoms with Crippen molar-refractivity contribution in [3.05, 3.63) is 70.2 Å². The maximum atomic E-state index is 11.5. The molecule has 0 bridgehead atoms. The van der Waals surface area contributed by atoms with Crippen molar-refractivity contribution in [1.82, 2.24) is 10.3 Å². The summed E-state index contributed by atoms with van der Waals surface area (Å²) in [6, 6.07) is 14.9. The van der Waals surface area contributed by atoms with Gasteiger partial charge >= 0.3 is 12.2 Å². The van der Waals surface area contributed by atoms with Crippen molar-refractivity contribution in [1.29, 1.82) is 0 Å². The molecule has 35 heavy (non-hydrogen) atoms. The molecule has 182 valence electrons. The molecule has 1 heterocycles. The van der Waals surface area contributed by atoms with E-state index in [1.807, 2.05) is 36.4 Å². The average Bonchev–Trinajstić information content (AvgIpc) is 3.19. The van der Waals surface area contributed by atoms with Gasteiger partial charge in [-0.25, -0.2) is 19.6 Å². The quantitative estimate of drug-likeness (QED) is 0.253. The van der Waals surface area contributed by atoms with Crippen molar-refractivity contribution in [3.63, 3.8) is 0 Å². The number of anilines is 2. The molecule has 0 fully saturated rings. The Morgan fingerprint density at radius 2 is 1.71 bits per heavy atom. The molecule has 0 saturated heterocycles. The third-order valence-electron chi connectivity index (χ3n) is 4.80. The number of amides is 3. The molecule has 10 nitrogen and oxygen atoms in total. The number of thiazole rings is 1. The Balaban J connectivity index is 1.69. The van der Waals surface area contributed by atoms with Crippen LogP contribution in [0.15, 0.2) is 53.5 Å². The van der Waals surface area contributed by atoms with E-state index < -0.39 is 12.2 Å². The minimum absolute atomic E-state index is 0.177. The molecular formula is C24H25N5O5S. The van der Waals surface area contributed by atoms with Crippen LogP contribution in [0.5, 0.6) is 0 Å². The van der Waals surface area contributed by atoms with Crippen LogP contribution < -0.4 is 16.0 Å². The van der Waals surface area contributed by atoms with E-state index in [0.717, 1.165) is 34.5 Å². The summed E-state index contributed by atoms with van der Waals surface area (Å²) in [5, 5.41) is 16.6. The maximum Gasteiger partial charge on any atom is 0.411 e. The topological polar surface area (TPSA) is 142 Å². The van der Waals surface area contributed by atoms with Gasteiger partial charge in [-0.1, -0.05) is 24.3 Å². The van der Waals surface area contributed by atoms with E-state index in [-0.39, 0.29) is 5.91 Å². The van der Waals surface area contributed by atoms with Crippen LogP contribution in [0.1, 0.15) is 28.6 Å². The predicted octanol–water partition coefficient (Wildman–Crippen LogP) is 4.58. The smallest absolute Gasteiger partial charge is 0.411 e. The average molecular weight is 496 g/mol. The van der Waals surface area contributed by atoms with Crippen molar-refractivity contribution in [3.8, 4) is 0 Å². The molecule has 3 amide bonds. The monoisotopic (exact) mass is 495 g/mol. The number of rotatable bonds is 9. The van der Waals surface area contributed by atoms with Crippen molar-refractivity contribution >= 4 is 52.3 Å². The zero-order valence-corrected chi connectivity index (χ0v) is 20.0. The second-order valence-electron chi connectivity index (χ2n) is 7.43. The van der Waals surface area contributed by atoms with Crippen LogP contribution in [0.3, 0.4) is 0 Å². The zero-order chi connectivity index (χ0) is 25.2. The van der Waals surface area contributed by atoms with Crippen molar-refractivity contribution in [2.45, 2.75) is 26.2 Å². The summed E-state index contributed by atoms with van der Waals surface area (Å²) < 4.78 is 4.60. The number of aliphatic imine (C=N–C) groups is 1. The van der Waals surface area contributed by atoms with Gasteiger partial charge in [0.2, 0.25) is 5.91 Å². The lowest BCUT2D eigenvalue weighted by Gasteiger charge is -2.06. The Kier molecular flexibility index (Phi) is 8.90. The van der Waals surface area contributed by atoms with Crippen LogP contribution in [-0.2, 0) is 28.8 Å². The van der Waals surface area contributed by atoms with Gasteiger partial charge in [0, 0.05) is 23.9 Å². The minimum atomic E-state index is -1.17. The Hall–Kier alpha value is -4.25. The number of carbonyl (C=O) groups is 3. The molecule has 0 aliphatic rings. The number of carboxylic acid groups (broad SMARTS) is 1. The van der Waals surface area contributed by atoms with Crippen LogP contribution in [0, 0.1) is 0 Å². The van der Waals surface area contributed by atoms with Gasteiger partial charge in [-0.3, -0.25) is 15.4 Å². The third-order valence-corrected chi connectivity index (χ3v) is 5.81. The van der Waals surface area contributed by atoms with Gasteiger partial charge < -0.3 is 15.2 Å². The highest BCUT2D eigenvalue weighted by molar-refractivity contribution is 7.15. The normalized spacial score (nSPS) is 10.7. The standard InChI is InChI=1S/C24H25N5O5S/c1-15(30)27-22-29-20(12-7-16-3-8-18(9-4-16)25-14-26-23(31)32)21(35-22)13-17-5-10-19(11-6-17)28-24(33)34-2/h3-6,8-11,14H,7,12-13H2,1-2H3,(H,25,26)(H,28,33)(H,31,32)(H,27,29,30). The highest BCUT2D eigenvalue weighted by Crippen LogP contribution is 2.27. The van der Waals surface area contributed by atoms with Crippen molar-refractivity contribution in [2.24, 2.45) is 4.99 Å². The Morgan fingerprint density at radius 1 is 1.03 bits per heavy atom. The molecule has 0 spiro atoms. The van der Waals surface area contributed by atoms with Gasteiger partial charge in [0.1, 0.15) is 0 Å². The minimum Gasteiger partial charge on any atom is -0.465 e. The lowest BCUT2D eigenvalue weighted by molar-refractivity contribution is -0.114. The van der Waals surface area contributed by atoms with Crippen molar-refractivity contribution in [2.75, 3.05) is 17.7 Å². The Labute approximate surface area is 206 Å². The number of hydrogen-bond acceptors (Lipinski definition) is 7. The van der Waals surface area contributed by atoms with E-state index in [0.29, 0.717) is 29.3 Å². The molecular weight excluding hydrogens is 470 g/mol. The molecule has 4 N–H and O–H groups in total. The number of benzene rings is 2. The van der Waals surface area contributed by atoms with E-state index in [4.69, 9.17) is 5.11 Å². The van der Waals surface area contributed by atoms with Gasteiger partial charge in [-0.15, -0.1) is 11.3 Å². The summed E-state index contributed by atoms with van der Waals surface area (Å²) in [4.78, 5) is 43.1. The number of nitrogens with one attached hydrogen (secondary N) is 3. The Bertz CT molecular complexity index is 1210. The molecule has 3 aromatic rings. The highest BCUT2D eigenvalue weighted by atomic mass is 32.1. The lowest BCUT2D eigenvalue weighted by Crippen LogP contribution is -2.17. The fourth-order valence-electron chi connectivity index (χ4n) is 3.15. The SMILES string of the molecule is COC(=O)Nc1ccc(Cc2sc(NC(C)=O)nc2CCc2ccc(N=CNC(=O)O)cc2)cc1. The number of aromatic nitrogens is 1. The van der Waals surface area contributed by atoms with Crippen LogP contribution in [-0.4, -0.2) is 41.6 Å². The number of carbonyl (C=O) groups excluding carboxylic acids is 2. The molecule has 2 aromatic carbocycles. The fraction of sp³-hybridized carbons (Fsp3) is 0.208. The maximum absolute atomic E-state index is 11.5. The largest absolute Gasteiger partial charge is 0.465 e. The van der Waals surface area contributed by atoms with Gasteiger partial charge in [-0.05, 0) is 48.2 Å². The number of ether oxygens (including phenoxy) is 1. The number of methoxy groups -OCH3 is 1. The van der Waals surface area contributed by atoms with E-state index in [9.17, 15) is 14.4 Å². The molecule has 0 aliphatic heterocycles. The first-order valence-corrected chi connectivity index (χ1v) is 11.4. The van der Waals surface area contributed by atoms with E-state index in [1.54, 1.807) is 12.1 Å². The summed E-state index contributed by atoms with van der Waals surface area (Å²) in [7, 11) is 1.31. The summed E-state index contributed by atoms with van der Waals surface area (Å²) in [6.07, 6.45) is 1.47. The summed E-state index contributed by atoms with van der Waals surface area (Å²) in [5.74, 6) is -0.177. The highest BCUT2D eigenvalue weighted by Gasteiger charge is 2.13. The van der Waals surface area contributed by atoms with Gasteiger partial charge in [0.05, 0.1) is 24.8 Å². The van der Waals surface area contributed by atoms with Crippen LogP contribution in [0.4, 0.5) is 26.1 Å². The van der Waals surface area contributed by atoms with Gasteiger partial charge in [-0.2, -0.15) is 0 Å². The van der Waals surface area contributed by atoms with Crippen molar-refractivity contribution < 1.29 is 24.2 Å². The molecule has 0 atom stereocenters. The van der Waals surface area contributed by atoms with Crippen LogP contribution in [0.25, 0.3) is 0 Å². The molecule has 0 radical (unpaired) electrons. The van der Waals surface area contributed by atoms with Gasteiger partial charge in [0.25, 0.3) is 0 Å². The molecule has 11 heteroatoms. The number of nitrogens with zero attached hydrogens (tertiary/aromatic N) is 2. The molecule has 0 saturated carbocycles. The van der Waals surface area contributed by atoms with Gasteiger partial charge in [0.15, 0.2) is 5.13 Å². The summed E-state index contributed by atoms with van der Waals surface area (Å²) in [6.45, 7) is 1.45. The fourth-order valence-corrected chi connectivity index (χ4v) is 4.24. The third kappa shape index (κ3) is 8.23. The lowest BCUT2D eigenvalue weighted by atomic mass is 10.0. The van der Waals surface area contributed by atoms with E-state index in [2.05, 4.69) is 30.7 Å². The predicted molar refractivity (Wildman–Crippen MR) is 135 cm³/mol. The van der Waals surface area contributed by atoms with E-state index in [1.165, 1.54) is 25.4 Å². The molecule has 1 aromatic heterocycles. The van der Waals surface area contributed by atoms with Crippen LogP contribution in [0.2, 0.25) is 0 Å². The van der Waals surface area contributed by atoms with E-state index >= 15 is 0 Å². The molecule has 0 unspecified atom stereocenters. The Morgan fingerprint density at radius 3 is 2.34 bits per heavy atom. The number of hydrogen-bond donors (Lipinski definition) is 4.